The molecule has 0 aliphatic carbocycles. The Balaban J connectivity index is 2.57. The third-order valence-corrected chi connectivity index (χ3v) is 2.17. The van der Waals surface area contributed by atoms with Crippen LogP contribution in [-0.2, 0) is 16.1 Å². The van der Waals surface area contributed by atoms with Crippen molar-refractivity contribution in [3.63, 3.8) is 0 Å². The molecular formula is C12H17NO3. The molecule has 0 aliphatic heterocycles. The van der Waals surface area contributed by atoms with Gasteiger partial charge in [0.1, 0.15) is 6.54 Å². The number of hydrogen-bond acceptors (Lipinski definition) is 3. The van der Waals surface area contributed by atoms with E-state index >= 15 is 0 Å². The topological polar surface area (TPSA) is 48.3 Å². The average molecular weight is 223 g/mol. The number of rotatable bonds is 6. The highest BCUT2D eigenvalue weighted by Gasteiger charge is 2.08. The number of aromatic nitrogens is 1. The molecule has 0 spiro atoms. The van der Waals surface area contributed by atoms with Crippen molar-refractivity contribution in [2.45, 2.75) is 33.2 Å². The Bertz CT molecular complexity index is 368. The summed E-state index contributed by atoms with van der Waals surface area (Å²) in [5.41, 5.74) is 0.658. The van der Waals surface area contributed by atoms with E-state index < -0.39 is 0 Å². The zero-order chi connectivity index (χ0) is 12.0. The maximum Gasteiger partial charge on any atom is 0.325 e. The second-order valence-electron chi connectivity index (χ2n) is 3.55. The van der Waals surface area contributed by atoms with E-state index in [-0.39, 0.29) is 18.3 Å². The van der Waals surface area contributed by atoms with Crippen LogP contribution < -0.4 is 0 Å². The van der Waals surface area contributed by atoms with Crippen LogP contribution in [0.15, 0.2) is 18.5 Å². The van der Waals surface area contributed by atoms with Gasteiger partial charge in [0.15, 0.2) is 5.78 Å². The lowest BCUT2D eigenvalue weighted by Crippen LogP contribution is -2.12. The summed E-state index contributed by atoms with van der Waals surface area (Å²) in [4.78, 5) is 22.7. The molecule has 4 heteroatoms. The van der Waals surface area contributed by atoms with Crippen LogP contribution in [0.2, 0.25) is 0 Å². The number of carbonyl (C=O) groups is 2. The van der Waals surface area contributed by atoms with Crippen molar-refractivity contribution in [1.29, 1.82) is 0 Å². The van der Waals surface area contributed by atoms with Crippen LogP contribution in [0.5, 0.6) is 0 Å². The number of esters is 1. The highest BCUT2D eigenvalue weighted by molar-refractivity contribution is 5.95. The lowest BCUT2D eigenvalue weighted by atomic mass is 10.1. The van der Waals surface area contributed by atoms with Gasteiger partial charge in [-0.05, 0) is 19.4 Å². The number of ketones is 1. The van der Waals surface area contributed by atoms with E-state index in [1.54, 1.807) is 30.0 Å². The summed E-state index contributed by atoms with van der Waals surface area (Å²) in [6.45, 7) is 4.27. The third kappa shape index (κ3) is 3.53. The molecule has 1 aromatic heterocycles. The first kappa shape index (κ1) is 12.5. The van der Waals surface area contributed by atoms with Gasteiger partial charge in [-0.1, -0.05) is 6.92 Å². The van der Waals surface area contributed by atoms with Crippen molar-refractivity contribution in [3.05, 3.63) is 24.0 Å². The third-order valence-electron chi connectivity index (χ3n) is 2.17. The van der Waals surface area contributed by atoms with E-state index in [4.69, 9.17) is 4.74 Å². The van der Waals surface area contributed by atoms with E-state index in [1.165, 1.54) is 0 Å². The van der Waals surface area contributed by atoms with Gasteiger partial charge in [-0.15, -0.1) is 0 Å². The summed E-state index contributed by atoms with van der Waals surface area (Å²) >= 11 is 0. The van der Waals surface area contributed by atoms with Crippen molar-refractivity contribution >= 4 is 11.8 Å². The first-order chi connectivity index (χ1) is 7.67. The molecule has 0 amide bonds. The standard InChI is InChI=1S/C12H17NO3/c1-3-5-11(14)10-6-7-13(8-10)9-12(15)16-4-2/h6-8H,3-5,9H2,1-2H3. The van der Waals surface area contributed by atoms with Crippen LogP contribution >= 0.6 is 0 Å². The Labute approximate surface area is 95.2 Å². The molecule has 1 rings (SSSR count). The van der Waals surface area contributed by atoms with Gasteiger partial charge in [0.05, 0.1) is 6.61 Å². The van der Waals surface area contributed by atoms with Crippen LogP contribution in [0.1, 0.15) is 37.0 Å². The lowest BCUT2D eigenvalue weighted by molar-refractivity contribution is -0.143. The second kappa shape index (κ2) is 6.10. The van der Waals surface area contributed by atoms with Gasteiger partial charge in [0, 0.05) is 24.4 Å². The lowest BCUT2D eigenvalue weighted by Gasteiger charge is -2.02. The van der Waals surface area contributed by atoms with Gasteiger partial charge >= 0.3 is 5.97 Å². The smallest absolute Gasteiger partial charge is 0.325 e. The molecule has 0 unspecified atom stereocenters. The maximum absolute atomic E-state index is 11.5. The van der Waals surface area contributed by atoms with Crippen molar-refractivity contribution in [2.75, 3.05) is 6.61 Å². The van der Waals surface area contributed by atoms with Crippen molar-refractivity contribution in [2.24, 2.45) is 0 Å². The van der Waals surface area contributed by atoms with Crippen molar-refractivity contribution < 1.29 is 14.3 Å². The minimum atomic E-state index is -0.285. The summed E-state index contributed by atoms with van der Waals surface area (Å²) in [5, 5.41) is 0. The summed E-state index contributed by atoms with van der Waals surface area (Å²) in [6.07, 6.45) is 4.79. The van der Waals surface area contributed by atoms with Gasteiger partial charge in [-0.25, -0.2) is 0 Å². The van der Waals surface area contributed by atoms with Gasteiger partial charge in [0.2, 0.25) is 0 Å². The molecule has 0 aromatic carbocycles. The fraction of sp³-hybridized carbons (Fsp3) is 0.500. The molecule has 0 fully saturated rings. The molecule has 4 nitrogen and oxygen atoms in total. The average Bonchev–Trinajstić information content (AvgIpc) is 2.67. The summed E-state index contributed by atoms with van der Waals surface area (Å²) in [7, 11) is 0. The summed E-state index contributed by atoms with van der Waals surface area (Å²) < 4.78 is 6.49. The van der Waals surface area contributed by atoms with Crippen LogP contribution in [0.4, 0.5) is 0 Å². The normalized spacial score (nSPS) is 10.1. The van der Waals surface area contributed by atoms with Crippen LogP contribution in [0.25, 0.3) is 0 Å². The minimum absolute atomic E-state index is 0.116. The van der Waals surface area contributed by atoms with Crippen LogP contribution in [0.3, 0.4) is 0 Å². The fourth-order valence-electron chi connectivity index (χ4n) is 1.43. The monoisotopic (exact) mass is 223 g/mol. The maximum atomic E-state index is 11.5. The highest BCUT2D eigenvalue weighted by Crippen LogP contribution is 2.06. The van der Waals surface area contributed by atoms with E-state index in [9.17, 15) is 9.59 Å². The zero-order valence-corrected chi connectivity index (χ0v) is 9.73. The van der Waals surface area contributed by atoms with Crippen molar-refractivity contribution in [1.82, 2.24) is 4.57 Å². The number of nitrogens with zero attached hydrogens (tertiary/aromatic N) is 1. The molecule has 0 radical (unpaired) electrons. The van der Waals surface area contributed by atoms with Crippen molar-refractivity contribution in [3.8, 4) is 0 Å². The Morgan fingerprint density at radius 2 is 2.12 bits per heavy atom. The van der Waals surface area contributed by atoms with Gasteiger partial charge in [0.25, 0.3) is 0 Å². The number of Topliss-reactive ketones (excluding diaryl/α,β-unsaturated/α-hetero) is 1. The molecule has 1 heterocycles. The molecule has 0 aliphatic rings. The van der Waals surface area contributed by atoms with E-state index in [0.29, 0.717) is 18.6 Å². The van der Waals surface area contributed by atoms with E-state index in [0.717, 1.165) is 6.42 Å². The van der Waals surface area contributed by atoms with Crippen LogP contribution in [0, 0.1) is 0 Å². The Hall–Kier alpha value is -1.58. The van der Waals surface area contributed by atoms with Gasteiger partial charge in [-0.2, -0.15) is 0 Å². The van der Waals surface area contributed by atoms with E-state index in [2.05, 4.69) is 0 Å². The largest absolute Gasteiger partial charge is 0.465 e. The van der Waals surface area contributed by atoms with Gasteiger partial charge < -0.3 is 9.30 Å². The SMILES string of the molecule is CCCC(=O)c1ccn(CC(=O)OCC)c1. The molecule has 0 atom stereocenters. The molecule has 0 saturated carbocycles. The Morgan fingerprint density at radius 1 is 1.38 bits per heavy atom. The summed E-state index contributed by atoms with van der Waals surface area (Å²) in [6, 6.07) is 1.73. The molecule has 0 N–H and O–H groups in total. The van der Waals surface area contributed by atoms with Gasteiger partial charge in [-0.3, -0.25) is 9.59 Å². The predicted molar refractivity (Wildman–Crippen MR) is 60.3 cm³/mol. The number of carbonyl (C=O) groups excluding carboxylic acids is 2. The Morgan fingerprint density at radius 3 is 2.75 bits per heavy atom. The number of ether oxygens (including phenoxy) is 1. The molecular weight excluding hydrogens is 206 g/mol. The predicted octanol–water partition coefficient (Wildman–Crippen LogP) is 2.03. The Kier molecular flexibility index (Phi) is 4.76. The fourth-order valence-corrected chi connectivity index (χ4v) is 1.43. The summed E-state index contributed by atoms with van der Waals surface area (Å²) in [5.74, 6) is -0.169. The zero-order valence-electron chi connectivity index (χ0n) is 9.73. The van der Waals surface area contributed by atoms with E-state index in [1.807, 2.05) is 6.92 Å². The molecule has 0 bridgehead atoms. The first-order valence-electron chi connectivity index (χ1n) is 5.52. The molecule has 16 heavy (non-hydrogen) atoms. The molecule has 0 saturated heterocycles. The quantitative estimate of drug-likeness (QED) is 0.547. The minimum Gasteiger partial charge on any atom is -0.465 e. The first-order valence-corrected chi connectivity index (χ1v) is 5.52. The second-order valence-corrected chi connectivity index (χ2v) is 3.55. The molecule has 1 aromatic rings. The van der Waals surface area contributed by atoms with Crippen LogP contribution in [-0.4, -0.2) is 22.9 Å². The number of hydrogen-bond donors (Lipinski definition) is 0. The molecule has 88 valence electrons. The highest BCUT2D eigenvalue weighted by atomic mass is 16.5.